The number of hydrogen-bond donors (Lipinski definition) is 0. The van der Waals surface area contributed by atoms with E-state index in [-0.39, 0.29) is 11.5 Å². The molecule has 3 rings (SSSR count). The van der Waals surface area contributed by atoms with Gasteiger partial charge in [0.2, 0.25) is 0 Å². The Morgan fingerprint density at radius 3 is 2.86 bits per heavy atom. The van der Waals surface area contributed by atoms with Gasteiger partial charge in [0.05, 0.1) is 16.3 Å². The predicted molar refractivity (Wildman–Crippen MR) is 83.8 cm³/mol. The molecule has 114 valence electrons. The minimum Gasteiger partial charge on any atom is -0.361 e. The molecule has 0 radical (unpaired) electrons. The highest BCUT2D eigenvalue weighted by Crippen LogP contribution is 2.32. The first-order chi connectivity index (χ1) is 10.6. The third-order valence-corrected chi connectivity index (χ3v) is 4.56. The van der Waals surface area contributed by atoms with Crippen molar-refractivity contribution in [3.63, 3.8) is 0 Å². The van der Waals surface area contributed by atoms with Crippen LogP contribution in [0.2, 0.25) is 0 Å². The van der Waals surface area contributed by atoms with Crippen LogP contribution in [0.4, 0.5) is 4.39 Å². The highest BCUT2D eigenvalue weighted by atomic mass is 32.2. The molecule has 1 aliphatic heterocycles. The van der Waals surface area contributed by atoms with Gasteiger partial charge in [-0.3, -0.25) is 4.79 Å². The molecular formula is C16H15FN2O2S. The van der Waals surface area contributed by atoms with Gasteiger partial charge in [0, 0.05) is 17.9 Å². The molecule has 1 saturated heterocycles. The zero-order chi connectivity index (χ0) is 15.7. The largest absolute Gasteiger partial charge is 0.361 e. The van der Waals surface area contributed by atoms with Gasteiger partial charge in [0.25, 0.3) is 5.91 Å². The topological polar surface area (TPSA) is 46.3 Å². The molecule has 0 aliphatic carbocycles. The molecule has 1 fully saturated rings. The molecule has 1 aliphatic rings. The van der Waals surface area contributed by atoms with Gasteiger partial charge in [-0.2, -0.15) is 0 Å². The molecule has 1 aromatic carbocycles. The summed E-state index contributed by atoms with van der Waals surface area (Å²) in [5.41, 5.74) is 1.74. The van der Waals surface area contributed by atoms with Crippen molar-refractivity contribution in [3.8, 4) is 0 Å². The van der Waals surface area contributed by atoms with E-state index in [4.69, 9.17) is 4.52 Å². The lowest BCUT2D eigenvalue weighted by atomic mass is 10.1. The van der Waals surface area contributed by atoms with Crippen molar-refractivity contribution in [2.75, 3.05) is 12.3 Å². The SMILES string of the molecule is Cc1noc(C)c1/C=C1/SCCN1C(=O)c1ccccc1F. The van der Waals surface area contributed by atoms with Gasteiger partial charge in [-0.25, -0.2) is 4.39 Å². The minimum atomic E-state index is -0.499. The van der Waals surface area contributed by atoms with E-state index < -0.39 is 5.82 Å². The van der Waals surface area contributed by atoms with Crippen molar-refractivity contribution in [1.29, 1.82) is 0 Å². The lowest BCUT2D eigenvalue weighted by molar-refractivity contribution is 0.0826. The molecule has 4 nitrogen and oxygen atoms in total. The molecule has 0 atom stereocenters. The normalized spacial score (nSPS) is 16.5. The second-order valence-corrected chi connectivity index (χ2v) is 6.12. The second-order valence-electron chi connectivity index (χ2n) is 5.01. The van der Waals surface area contributed by atoms with Gasteiger partial charge < -0.3 is 9.42 Å². The lowest BCUT2D eigenvalue weighted by Gasteiger charge is -2.17. The van der Waals surface area contributed by atoms with Crippen LogP contribution in [0.1, 0.15) is 27.4 Å². The number of carbonyl (C=O) groups is 1. The van der Waals surface area contributed by atoms with Crippen LogP contribution in [0.25, 0.3) is 6.08 Å². The highest BCUT2D eigenvalue weighted by molar-refractivity contribution is 8.03. The summed E-state index contributed by atoms with van der Waals surface area (Å²) < 4.78 is 19.0. The van der Waals surface area contributed by atoms with E-state index in [2.05, 4.69) is 5.16 Å². The fourth-order valence-corrected chi connectivity index (χ4v) is 3.36. The van der Waals surface area contributed by atoms with Crippen molar-refractivity contribution in [3.05, 3.63) is 57.7 Å². The number of nitrogens with zero attached hydrogens (tertiary/aromatic N) is 2. The zero-order valence-electron chi connectivity index (χ0n) is 12.3. The number of aromatic nitrogens is 1. The third-order valence-electron chi connectivity index (χ3n) is 3.54. The Bertz CT molecular complexity index is 735. The van der Waals surface area contributed by atoms with E-state index in [1.165, 1.54) is 12.1 Å². The molecule has 1 amide bonds. The summed E-state index contributed by atoms with van der Waals surface area (Å²) in [6, 6.07) is 6.05. The first-order valence-corrected chi connectivity index (χ1v) is 7.90. The van der Waals surface area contributed by atoms with E-state index in [0.29, 0.717) is 12.3 Å². The van der Waals surface area contributed by atoms with Crippen molar-refractivity contribution >= 4 is 23.7 Å². The van der Waals surface area contributed by atoms with Crippen LogP contribution < -0.4 is 0 Å². The second kappa shape index (κ2) is 5.96. The number of benzene rings is 1. The van der Waals surface area contributed by atoms with Gasteiger partial charge in [-0.05, 0) is 32.1 Å². The van der Waals surface area contributed by atoms with Crippen molar-refractivity contribution in [1.82, 2.24) is 10.1 Å². The molecule has 0 spiro atoms. The van der Waals surface area contributed by atoms with Crippen molar-refractivity contribution in [2.45, 2.75) is 13.8 Å². The van der Waals surface area contributed by atoms with Gasteiger partial charge in [0.1, 0.15) is 11.6 Å². The monoisotopic (exact) mass is 318 g/mol. The van der Waals surface area contributed by atoms with Crippen LogP contribution in [-0.4, -0.2) is 28.3 Å². The Labute approximate surface area is 132 Å². The van der Waals surface area contributed by atoms with Gasteiger partial charge in [0.15, 0.2) is 0 Å². The number of carbonyl (C=O) groups excluding carboxylic acids is 1. The van der Waals surface area contributed by atoms with E-state index in [0.717, 1.165) is 22.0 Å². The van der Waals surface area contributed by atoms with Crippen LogP contribution in [0.5, 0.6) is 0 Å². The van der Waals surface area contributed by atoms with Crippen LogP contribution in [0.15, 0.2) is 33.8 Å². The smallest absolute Gasteiger partial charge is 0.261 e. The highest BCUT2D eigenvalue weighted by Gasteiger charge is 2.27. The van der Waals surface area contributed by atoms with Gasteiger partial charge >= 0.3 is 0 Å². The summed E-state index contributed by atoms with van der Waals surface area (Å²) in [5.74, 6) is 0.674. The van der Waals surface area contributed by atoms with E-state index in [1.54, 1.807) is 28.8 Å². The summed E-state index contributed by atoms with van der Waals surface area (Å²) in [6.07, 6.45) is 1.89. The minimum absolute atomic E-state index is 0.0923. The average molecular weight is 318 g/mol. The standard InChI is InChI=1S/C16H15FN2O2S/c1-10-13(11(2)21-18-10)9-15-19(7-8-22-15)16(20)12-5-3-4-6-14(12)17/h3-6,9H,7-8H2,1-2H3/b15-9+. The molecule has 22 heavy (non-hydrogen) atoms. The molecule has 0 unspecified atom stereocenters. The Morgan fingerprint density at radius 1 is 1.41 bits per heavy atom. The lowest BCUT2D eigenvalue weighted by Crippen LogP contribution is -2.27. The first kappa shape index (κ1) is 14.8. The van der Waals surface area contributed by atoms with Crippen molar-refractivity contribution < 1.29 is 13.7 Å². The Hall–Kier alpha value is -2.08. The van der Waals surface area contributed by atoms with Crippen LogP contribution in [-0.2, 0) is 0 Å². The number of rotatable bonds is 2. The Kier molecular flexibility index (Phi) is 4.02. The molecule has 1 aromatic heterocycles. The maximum Gasteiger partial charge on any atom is 0.261 e. The predicted octanol–water partition coefficient (Wildman–Crippen LogP) is 3.62. The molecule has 0 saturated carbocycles. The molecule has 2 aromatic rings. The van der Waals surface area contributed by atoms with Crippen molar-refractivity contribution in [2.24, 2.45) is 0 Å². The maximum absolute atomic E-state index is 13.8. The summed E-state index contributed by atoms with van der Waals surface area (Å²) in [5, 5.41) is 4.70. The van der Waals surface area contributed by atoms with E-state index >= 15 is 0 Å². The van der Waals surface area contributed by atoms with Gasteiger partial charge in [-0.1, -0.05) is 17.3 Å². The van der Waals surface area contributed by atoms with Crippen LogP contribution in [0.3, 0.4) is 0 Å². The molecule has 6 heteroatoms. The summed E-state index contributed by atoms with van der Waals surface area (Å²) in [4.78, 5) is 14.2. The Balaban J connectivity index is 1.94. The zero-order valence-corrected chi connectivity index (χ0v) is 13.1. The number of hydrogen-bond acceptors (Lipinski definition) is 4. The fourth-order valence-electron chi connectivity index (χ4n) is 2.35. The number of aryl methyl sites for hydroxylation is 2. The quantitative estimate of drug-likeness (QED) is 0.848. The maximum atomic E-state index is 13.8. The van der Waals surface area contributed by atoms with Crippen LogP contribution in [0, 0.1) is 19.7 Å². The Morgan fingerprint density at radius 2 is 2.18 bits per heavy atom. The van der Waals surface area contributed by atoms with Crippen LogP contribution >= 0.6 is 11.8 Å². The summed E-state index contributed by atoms with van der Waals surface area (Å²) >= 11 is 1.57. The molecule has 2 heterocycles. The fraction of sp³-hybridized carbons (Fsp3) is 0.250. The number of thioether (sulfide) groups is 1. The van der Waals surface area contributed by atoms with Gasteiger partial charge in [-0.15, -0.1) is 11.8 Å². The summed E-state index contributed by atoms with van der Waals surface area (Å²) in [6.45, 7) is 4.24. The molecule has 0 bridgehead atoms. The number of halogens is 1. The number of amides is 1. The molecular weight excluding hydrogens is 303 g/mol. The average Bonchev–Trinajstić information content (AvgIpc) is 3.09. The first-order valence-electron chi connectivity index (χ1n) is 6.91. The van der Waals surface area contributed by atoms with E-state index in [1.807, 2.05) is 19.9 Å². The van der Waals surface area contributed by atoms with E-state index in [9.17, 15) is 9.18 Å². The molecule has 0 N–H and O–H groups in total. The summed E-state index contributed by atoms with van der Waals surface area (Å²) in [7, 11) is 0. The third kappa shape index (κ3) is 2.66.